The first-order chi connectivity index (χ1) is 11.6. The van der Waals surface area contributed by atoms with E-state index in [-0.39, 0.29) is 21.2 Å². The Morgan fingerprint density at radius 1 is 1.00 bits per heavy atom. The van der Waals surface area contributed by atoms with Gasteiger partial charge in [0, 0.05) is 5.56 Å². The van der Waals surface area contributed by atoms with Crippen molar-refractivity contribution in [1.29, 1.82) is 0 Å². The molecule has 0 heterocycles. The molecule has 0 fully saturated rings. The van der Waals surface area contributed by atoms with Crippen LogP contribution in [0.2, 0.25) is 0 Å². The van der Waals surface area contributed by atoms with Gasteiger partial charge in [0.15, 0.2) is 17.3 Å². The highest BCUT2D eigenvalue weighted by molar-refractivity contribution is 7.86. The van der Waals surface area contributed by atoms with Gasteiger partial charge >= 0.3 is 26.7 Å². The van der Waals surface area contributed by atoms with Crippen molar-refractivity contribution in [3.8, 4) is 0 Å². The molecule has 2 aromatic rings. The largest absolute Gasteiger partial charge is 0.741 e. The van der Waals surface area contributed by atoms with Crippen molar-refractivity contribution >= 4 is 10.1 Å². The van der Waals surface area contributed by atoms with Gasteiger partial charge in [0.2, 0.25) is 0 Å². The van der Waals surface area contributed by atoms with Gasteiger partial charge in [-0.3, -0.25) is 0 Å². The molecule has 0 unspecified atom stereocenters. The fourth-order valence-corrected chi connectivity index (χ4v) is 4.38. The van der Waals surface area contributed by atoms with Crippen LogP contribution in [0.1, 0.15) is 25.3 Å². The molecule has 0 atom stereocenters. The van der Waals surface area contributed by atoms with Crippen LogP contribution in [-0.4, -0.2) is 18.5 Å². The molecule has 0 aromatic heterocycles. The minimum atomic E-state index is -6.09. The van der Waals surface area contributed by atoms with Crippen LogP contribution in [0.15, 0.2) is 54.6 Å². The average molecular weight is 486 g/mol. The third-order valence-electron chi connectivity index (χ3n) is 2.98. The van der Waals surface area contributed by atoms with Crippen LogP contribution in [0, 0.1) is 7.14 Å². The topological polar surface area (TPSA) is 57.2 Å². The van der Waals surface area contributed by atoms with Crippen molar-refractivity contribution < 1.29 is 47.3 Å². The average Bonchev–Trinajstić information content (AvgIpc) is 2.54. The summed E-state index contributed by atoms with van der Waals surface area (Å²) < 4.78 is 62.0. The van der Waals surface area contributed by atoms with E-state index in [1.54, 1.807) is 9.13 Å². The molecule has 0 radical (unpaired) electrons. The summed E-state index contributed by atoms with van der Waals surface area (Å²) in [5, 5.41) is 0. The highest BCUT2D eigenvalue weighted by atomic mass is 127. The van der Waals surface area contributed by atoms with Crippen LogP contribution in [0.3, 0.4) is 0 Å². The van der Waals surface area contributed by atoms with Crippen LogP contribution >= 0.6 is 0 Å². The van der Waals surface area contributed by atoms with E-state index in [9.17, 15) is 13.2 Å². The number of unbranched alkanes of at least 4 members (excludes halogenated alkanes) is 1. The molecule has 0 saturated heterocycles. The number of rotatable bonds is 5. The van der Waals surface area contributed by atoms with Gasteiger partial charge in [0.05, 0.1) is 0 Å². The number of hydrogen-bond acceptors (Lipinski definition) is 3. The van der Waals surface area contributed by atoms with E-state index < -0.39 is 15.6 Å². The molecular formula is C17H18F3IO3S. The summed E-state index contributed by atoms with van der Waals surface area (Å²) in [5.41, 5.74) is -4.08. The Labute approximate surface area is 156 Å². The van der Waals surface area contributed by atoms with Crippen LogP contribution in [0.4, 0.5) is 13.2 Å². The minimum Gasteiger partial charge on any atom is -0.741 e. The Hall–Kier alpha value is -1.13. The molecule has 25 heavy (non-hydrogen) atoms. The summed E-state index contributed by atoms with van der Waals surface area (Å²) in [6, 6.07) is 19.8. The van der Waals surface area contributed by atoms with Gasteiger partial charge in [0.25, 0.3) is 0 Å². The Balaban J connectivity index is 0.000000333. The van der Waals surface area contributed by atoms with E-state index in [1.807, 2.05) is 0 Å². The lowest BCUT2D eigenvalue weighted by Gasteiger charge is -2.08. The molecule has 8 heteroatoms. The maximum Gasteiger partial charge on any atom is 0.485 e. The first-order valence-corrected chi connectivity index (χ1v) is 11.0. The molecule has 138 valence electrons. The predicted octanol–water partition coefficient (Wildman–Crippen LogP) is 1.21. The maximum atomic E-state index is 10.7. The fourth-order valence-electron chi connectivity index (χ4n) is 1.76. The summed E-state index contributed by atoms with van der Waals surface area (Å²) in [5.74, 6) is 0. The molecule has 0 N–H and O–H groups in total. The highest BCUT2D eigenvalue weighted by Crippen LogP contribution is 2.20. The second kappa shape index (κ2) is 10.1. The van der Waals surface area contributed by atoms with Gasteiger partial charge in [-0.25, -0.2) is 8.42 Å². The van der Waals surface area contributed by atoms with Gasteiger partial charge in [-0.1, -0.05) is 49.7 Å². The van der Waals surface area contributed by atoms with Crippen molar-refractivity contribution in [3.63, 3.8) is 0 Å². The Morgan fingerprint density at radius 3 is 2.04 bits per heavy atom. The highest BCUT2D eigenvalue weighted by Gasteiger charge is 2.36. The van der Waals surface area contributed by atoms with Crippen LogP contribution in [-0.2, 0) is 16.5 Å². The first kappa shape index (κ1) is 21.9. The van der Waals surface area contributed by atoms with Crippen molar-refractivity contribution in [3.05, 3.63) is 67.3 Å². The van der Waals surface area contributed by atoms with E-state index in [1.165, 1.54) is 22.8 Å². The Kier molecular flexibility index (Phi) is 8.87. The third-order valence-corrected chi connectivity index (χ3v) is 6.53. The molecule has 3 nitrogen and oxygen atoms in total. The fraction of sp³-hybridized carbons (Fsp3) is 0.294. The lowest BCUT2D eigenvalue weighted by Crippen LogP contribution is -3.61. The molecule has 0 spiro atoms. The number of hydrogen-bond donors (Lipinski definition) is 0. The Morgan fingerprint density at radius 2 is 1.52 bits per heavy atom. The van der Waals surface area contributed by atoms with Gasteiger partial charge in [-0.05, 0) is 31.0 Å². The predicted molar refractivity (Wildman–Crippen MR) is 84.6 cm³/mol. The van der Waals surface area contributed by atoms with Gasteiger partial charge < -0.3 is 4.55 Å². The van der Waals surface area contributed by atoms with Crippen molar-refractivity contribution in [2.75, 3.05) is 0 Å². The standard InChI is InChI=1S/C16H18I.CHF3O3S/c1-2-3-9-14-10-7-8-13-16(14)17-15-11-5-4-6-12-15;2-1(3,4)8(5,6)7/h4-8,10-13H,2-3,9H2,1H3;(H,5,6,7)/q+1;/p-1. The van der Waals surface area contributed by atoms with Crippen molar-refractivity contribution in [1.82, 2.24) is 0 Å². The zero-order valence-corrected chi connectivity index (χ0v) is 16.4. The van der Waals surface area contributed by atoms with Crippen LogP contribution < -0.4 is 21.2 Å². The minimum absolute atomic E-state index is 0.0108. The number of aryl methyl sites for hydroxylation is 1. The molecule has 0 aliphatic rings. The molecule has 0 saturated carbocycles. The van der Waals surface area contributed by atoms with Gasteiger partial charge in [0.1, 0.15) is 0 Å². The molecule has 0 amide bonds. The summed E-state index contributed by atoms with van der Waals surface area (Å²) in [6.07, 6.45) is 3.81. The number of halogens is 4. The monoisotopic (exact) mass is 486 g/mol. The summed E-state index contributed by atoms with van der Waals surface area (Å²) in [6.45, 7) is 2.26. The van der Waals surface area contributed by atoms with E-state index in [0.717, 1.165) is 0 Å². The van der Waals surface area contributed by atoms with E-state index >= 15 is 0 Å². The lowest BCUT2D eigenvalue weighted by molar-refractivity contribution is -0.598. The second-order valence-corrected chi connectivity index (χ2v) is 9.30. The molecule has 2 aromatic carbocycles. The summed E-state index contributed by atoms with van der Waals surface area (Å²) in [7, 11) is -6.09. The summed E-state index contributed by atoms with van der Waals surface area (Å²) >= 11 is -0.0108. The molecule has 0 aliphatic heterocycles. The zero-order chi connectivity index (χ0) is 18.9. The summed E-state index contributed by atoms with van der Waals surface area (Å²) in [4.78, 5) is 0. The lowest BCUT2D eigenvalue weighted by atomic mass is 10.1. The van der Waals surface area contributed by atoms with E-state index in [4.69, 9.17) is 13.0 Å². The molecule has 0 bridgehead atoms. The smallest absolute Gasteiger partial charge is 0.485 e. The van der Waals surface area contributed by atoms with Crippen LogP contribution in [0.25, 0.3) is 0 Å². The number of benzene rings is 2. The van der Waals surface area contributed by atoms with Gasteiger partial charge in [-0.15, -0.1) is 0 Å². The van der Waals surface area contributed by atoms with Crippen molar-refractivity contribution in [2.24, 2.45) is 0 Å². The Bertz CT molecular complexity index is 747. The first-order valence-electron chi connectivity index (χ1n) is 7.45. The van der Waals surface area contributed by atoms with Gasteiger partial charge in [-0.2, -0.15) is 13.2 Å². The van der Waals surface area contributed by atoms with E-state index in [2.05, 4.69) is 61.5 Å². The number of alkyl halides is 3. The quantitative estimate of drug-likeness (QED) is 0.363. The van der Waals surface area contributed by atoms with E-state index in [0.29, 0.717) is 0 Å². The third kappa shape index (κ3) is 8.19. The maximum absolute atomic E-state index is 10.7. The zero-order valence-electron chi connectivity index (χ0n) is 13.5. The second-order valence-electron chi connectivity index (χ2n) is 4.98. The molecular weight excluding hydrogens is 468 g/mol. The SMILES string of the molecule is CCCCc1ccccc1[I+]c1ccccc1.O=S(=O)([O-])C(F)(F)F. The molecule has 2 rings (SSSR count). The normalized spacial score (nSPS) is 11.6. The van der Waals surface area contributed by atoms with Crippen molar-refractivity contribution in [2.45, 2.75) is 31.7 Å². The molecule has 0 aliphatic carbocycles. The van der Waals surface area contributed by atoms with Crippen LogP contribution in [0.5, 0.6) is 0 Å².